The number of nitrogens with zero attached hydrogens (tertiary/aromatic N) is 1. The van der Waals surface area contributed by atoms with Crippen LogP contribution < -0.4 is 4.74 Å². The summed E-state index contributed by atoms with van der Waals surface area (Å²) in [6, 6.07) is 4.81. The highest BCUT2D eigenvalue weighted by molar-refractivity contribution is 7.89. The Bertz CT molecular complexity index is 591. The molecule has 1 aromatic carbocycles. The van der Waals surface area contributed by atoms with Crippen molar-refractivity contribution in [3.63, 3.8) is 0 Å². The van der Waals surface area contributed by atoms with Gasteiger partial charge >= 0.3 is 0 Å². The predicted octanol–water partition coefficient (Wildman–Crippen LogP) is 2.23. The van der Waals surface area contributed by atoms with E-state index in [0.717, 1.165) is 5.56 Å². The van der Waals surface area contributed by atoms with E-state index in [9.17, 15) is 8.42 Å². The summed E-state index contributed by atoms with van der Waals surface area (Å²) in [5, 5.41) is 0. The molecule has 118 valence electrons. The highest BCUT2D eigenvalue weighted by Gasteiger charge is 2.34. The molecule has 0 radical (unpaired) electrons. The van der Waals surface area contributed by atoms with E-state index in [1.807, 2.05) is 6.92 Å². The molecular formula is C14H20ClNO4S. The molecule has 0 saturated carbocycles. The maximum absolute atomic E-state index is 12.9. The Labute approximate surface area is 130 Å². The zero-order valence-corrected chi connectivity index (χ0v) is 13.8. The number of methoxy groups -OCH3 is 1. The first-order chi connectivity index (χ1) is 10.0. The van der Waals surface area contributed by atoms with Crippen LogP contribution in [-0.2, 0) is 20.6 Å². The molecule has 0 spiro atoms. The van der Waals surface area contributed by atoms with Gasteiger partial charge < -0.3 is 9.47 Å². The molecule has 1 saturated heterocycles. The summed E-state index contributed by atoms with van der Waals surface area (Å²) in [4.78, 5) is 0.180. The Morgan fingerprint density at radius 2 is 2.24 bits per heavy atom. The molecule has 5 nitrogen and oxygen atoms in total. The summed E-state index contributed by atoms with van der Waals surface area (Å²) in [5.74, 6) is 0.640. The third kappa shape index (κ3) is 3.34. The molecule has 0 aliphatic carbocycles. The van der Waals surface area contributed by atoms with E-state index in [1.165, 1.54) is 11.4 Å². The second-order valence-electron chi connectivity index (χ2n) is 4.87. The Morgan fingerprint density at radius 3 is 2.86 bits per heavy atom. The Balaban J connectivity index is 2.43. The van der Waals surface area contributed by atoms with Crippen molar-refractivity contribution in [2.24, 2.45) is 0 Å². The van der Waals surface area contributed by atoms with E-state index < -0.39 is 10.0 Å². The summed E-state index contributed by atoms with van der Waals surface area (Å²) in [6.45, 7) is 3.16. The molecule has 1 unspecified atom stereocenters. The first-order valence-electron chi connectivity index (χ1n) is 6.87. The van der Waals surface area contributed by atoms with Crippen LogP contribution >= 0.6 is 11.6 Å². The van der Waals surface area contributed by atoms with Crippen LogP contribution in [0, 0.1) is 0 Å². The van der Waals surface area contributed by atoms with Crippen LogP contribution in [0.2, 0.25) is 0 Å². The van der Waals surface area contributed by atoms with Gasteiger partial charge in [-0.25, -0.2) is 8.42 Å². The highest BCUT2D eigenvalue weighted by atomic mass is 35.5. The molecule has 1 heterocycles. The number of sulfonamides is 1. The molecule has 0 bridgehead atoms. The van der Waals surface area contributed by atoms with Crippen LogP contribution in [-0.4, -0.2) is 45.6 Å². The zero-order valence-electron chi connectivity index (χ0n) is 12.2. The molecule has 1 aromatic rings. The second-order valence-corrected chi connectivity index (χ2v) is 7.00. The molecule has 2 rings (SSSR count). The molecule has 7 heteroatoms. The van der Waals surface area contributed by atoms with Crippen molar-refractivity contribution in [2.45, 2.75) is 30.2 Å². The van der Waals surface area contributed by atoms with Crippen LogP contribution in [0.25, 0.3) is 0 Å². The zero-order chi connectivity index (χ0) is 15.5. The number of benzene rings is 1. The lowest BCUT2D eigenvalue weighted by Crippen LogP contribution is -2.48. The minimum Gasteiger partial charge on any atom is -0.495 e. The number of rotatable bonds is 5. The van der Waals surface area contributed by atoms with Crippen molar-refractivity contribution < 1.29 is 17.9 Å². The van der Waals surface area contributed by atoms with Crippen LogP contribution in [0.1, 0.15) is 18.9 Å². The highest BCUT2D eigenvalue weighted by Crippen LogP contribution is 2.30. The number of ether oxygens (including phenoxy) is 2. The van der Waals surface area contributed by atoms with E-state index in [-0.39, 0.29) is 10.9 Å². The van der Waals surface area contributed by atoms with Gasteiger partial charge in [0.05, 0.1) is 20.3 Å². The van der Waals surface area contributed by atoms with Gasteiger partial charge in [-0.1, -0.05) is 13.0 Å². The van der Waals surface area contributed by atoms with Gasteiger partial charge in [-0.2, -0.15) is 4.31 Å². The fraction of sp³-hybridized carbons (Fsp3) is 0.571. The van der Waals surface area contributed by atoms with Gasteiger partial charge in [0.1, 0.15) is 10.6 Å². The fourth-order valence-electron chi connectivity index (χ4n) is 2.41. The van der Waals surface area contributed by atoms with E-state index in [4.69, 9.17) is 21.1 Å². The molecule has 21 heavy (non-hydrogen) atoms. The van der Waals surface area contributed by atoms with E-state index >= 15 is 0 Å². The smallest absolute Gasteiger partial charge is 0.247 e. The quantitative estimate of drug-likeness (QED) is 0.775. The third-order valence-electron chi connectivity index (χ3n) is 3.61. The molecule has 0 aromatic heterocycles. The van der Waals surface area contributed by atoms with Gasteiger partial charge in [0, 0.05) is 18.5 Å². The first-order valence-corrected chi connectivity index (χ1v) is 8.84. The maximum Gasteiger partial charge on any atom is 0.247 e. The SMILES string of the molecule is CCC1COCCN1S(=O)(=O)c1ccc(CCl)cc1OC. The molecule has 1 aliphatic heterocycles. The normalized spacial score (nSPS) is 20.4. The van der Waals surface area contributed by atoms with Crippen molar-refractivity contribution in [1.82, 2.24) is 4.31 Å². The van der Waals surface area contributed by atoms with Crippen LogP contribution in [0.3, 0.4) is 0 Å². The number of hydrogen-bond donors (Lipinski definition) is 0. The van der Waals surface area contributed by atoms with Gasteiger partial charge in [-0.05, 0) is 24.1 Å². The number of halogens is 1. The van der Waals surface area contributed by atoms with E-state index in [2.05, 4.69) is 0 Å². The van der Waals surface area contributed by atoms with Gasteiger partial charge in [-0.3, -0.25) is 0 Å². The monoisotopic (exact) mass is 333 g/mol. The maximum atomic E-state index is 12.9. The van der Waals surface area contributed by atoms with Crippen LogP contribution in [0.15, 0.2) is 23.1 Å². The lowest BCUT2D eigenvalue weighted by atomic mass is 10.2. The fourth-order valence-corrected chi connectivity index (χ4v) is 4.38. The average Bonchev–Trinajstić information content (AvgIpc) is 2.53. The minimum absolute atomic E-state index is 0.138. The predicted molar refractivity (Wildman–Crippen MR) is 81.3 cm³/mol. The molecule has 1 fully saturated rings. The van der Waals surface area contributed by atoms with Crippen LogP contribution in [0.5, 0.6) is 5.75 Å². The summed E-state index contributed by atoms with van der Waals surface area (Å²) in [5.41, 5.74) is 0.821. The van der Waals surface area contributed by atoms with E-state index in [0.29, 0.717) is 37.8 Å². The molecule has 1 aliphatic rings. The summed E-state index contributed by atoms with van der Waals surface area (Å²) in [7, 11) is -2.14. The number of morpholine rings is 1. The van der Waals surface area contributed by atoms with Crippen molar-refractivity contribution in [2.75, 3.05) is 26.9 Å². The standard InChI is InChI=1S/C14H20ClNO4S/c1-3-12-10-20-7-6-16(12)21(17,18)14-5-4-11(9-15)8-13(14)19-2/h4-5,8,12H,3,6-7,9-10H2,1-2H3. The van der Waals surface area contributed by atoms with Crippen molar-refractivity contribution in [3.8, 4) is 5.75 Å². The Hall–Kier alpha value is -0.820. The molecule has 0 N–H and O–H groups in total. The topological polar surface area (TPSA) is 55.8 Å². The van der Waals surface area contributed by atoms with Crippen LogP contribution in [0.4, 0.5) is 0 Å². The summed E-state index contributed by atoms with van der Waals surface area (Å²) >= 11 is 5.78. The summed E-state index contributed by atoms with van der Waals surface area (Å²) < 4.78 is 37.9. The Kier molecular flexibility index (Phi) is 5.48. The number of hydrogen-bond acceptors (Lipinski definition) is 4. The van der Waals surface area contributed by atoms with Gasteiger partial charge in [-0.15, -0.1) is 11.6 Å². The van der Waals surface area contributed by atoms with Gasteiger partial charge in [0.15, 0.2) is 0 Å². The average molecular weight is 334 g/mol. The largest absolute Gasteiger partial charge is 0.495 e. The van der Waals surface area contributed by atoms with Gasteiger partial charge in [0.2, 0.25) is 10.0 Å². The third-order valence-corrected chi connectivity index (χ3v) is 5.91. The minimum atomic E-state index is -3.61. The van der Waals surface area contributed by atoms with Crippen molar-refractivity contribution >= 4 is 21.6 Å². The van der Waals surface area contributed by atoms with Crippen molar-refractivity contribution in [3.05, 3.63) is 23.8 Å². The van der Waals surface area contributed by atoms with E-state index in [1.54, 1.807) is 18.2 Å². The van der Waals surface area contributed by atoms with Crippen molar-refractivity contribution in [1.29, 1.82) is 0 Å². The molecular weight excluding hydrogens is 314 g/mol. The lowest BCUT2D eigenvalue weighted by molar-refractivity contribution is 0.0313. The molecule has 1 atom stereocenters. The number of alkyl halides is 1. The lowest BCUT2D eigenvalue weighted by Gasteiger charge is -2.34. The molecule has 0 amide bonds. The Morgan fingerprint density at radius 1 is 1.48 bits per heavy atom. The second kappa shape index (κ2) is 6.96. The summed E-state index contributed by atoms with van der Waals surface area (Å²) in [6.07, 6.45) is 0.710. The van der Waals surface area contributed by atoms with Gasteiger partial charge in [0.25, 0.3) is 0 Å². The first kappa shape index (κ1) is 16.5.